The molecule has 28 heavy (non-hydrogen) atoms. The van der Waals surface area contributed by atoms with Crippen LogP contribution >= 0.6 is 0 Å². The number of nitrogens with zero attached hydrogens (tertiary/aromatic N) is 4. The number of aliphatic hydroxyl groups is 1. The molecule has 0 spiro atoms. The first kappa shape index (κ1) is 17.2. The van der Waals surface area contributed by atoms with Gasteiger partial charge in [-0.1, -0.05) is 6.92 Å². The van der Waals surface area contributed by atoms with Crippen molar-refractivity contribution in [3.63, 3.8) is 0 Å². The normalized spacial score (nSPS) is 22.7. The van der Waals surface area contributed by atoms with Crippen molar-refractivity contribution < 1.29 is 5.11 Å². The Hall–Kier alpha value is -2.93. The monoisotopic (exact) mass is 376 g/mol. The molecule has 0 amide bonds. The summed E-state index contributed by atoms with van der Waals surface area (Å²) in [6, 6.07) is 4.38. The minimum atomic E-state index is -0.492. The Morgan fingerprint density at radius 2 is 2.14 bits per heavy atom. The molecule has 7 nitrogen and oxygen atoms in total. The van der Waals surface area contributed by atoms with Crippen molar-refractivity contribution >= 4 is 22.6 Å². The van der Waals surface area contributed by atoms with E-state index in [1.54, 1.807) is 6.20 Å². The van der Waals surface area contributed by atoms with Crippen LogP contribution in [0.1, 0.15) is 39.0 Å². The molecule has 7 heteroatoms. The van der Waals surface area contributed by atoms with Crippen molar-refractivity contribution in [3.8, 4) is 11.1 Å². The van der Waals surface area contributed by atoms with E-state index >= 15 is 0 Å². The van der Waals surface area contributed by atoms with Gasteiger partial charge in [0.1, 0.15) is 11.3 Å². The number of H-pyrrole nitrogens is 1. The summed E-state index contributed by atoms with van der Waals surface area (Å²) in [6.07, 6.45) is 14.0. The third-order valence-electron chi connectivity index (χ3n) is 6.04. The standard InChI is InChI=1S/C21H24N6O/c1-2-21(28)7-5-15(6-8-21)25-20-24-12-17-16(11-23-19(17)26-20)14-3-4-18-22-9-10-27(18)13-14/h3-4,9-13,15,28H,2,5-8H2,1H3,(H2,23,24,25,26)/t15-,21+. The van der Waals surface area contributed by atoms with Crippen molar-refractivity contribution in [3.05, 3.63) is 43.1 Å². The number of aromatic nitrogens is 5. The number of imidazole rings is 1. The smallest absolute Gasteiger partial charge is 0.224 e. The van der Waals surface area contributed by atoms with Gasteiger partial charge in [-0.2, -0.15) is 4.98 Å². The second-order valence-corrected chi connectivity index (χ2v) is 7.77. The van der Waals surface area contributed by atoms with Crippen molar-refractivity contribution in [1.82, 2.24) is 24.3 Å². The van der Waals surface area contributed by atoms with Crippen molar-refractivity contribution in [1.29, 1.82) is 0 Å². The summed E-state index contributed by atoms with van der Waals surface area (Å²) in [5.41, 5.74) is 3.41. The van der Waals surface area contributed by atoms with E-state index in [9.17, 15) is 5.11 Å². The van der Waals surface area contributed by atoms with Crippen LogP contribution in [0.15, 0.2) is 43.1 Å². The van der Waals surface area contributed by atoms with Crippen molar-refractivity contribution in [2.45, 2.75) is 50.7 Å². The van der Waals surface area contributed by atoms with Crippen LogP contribution in [0.2, 0.25) is 0 Å². The summed E-state index contributed by atoms with van der Waals surface area (Å²) >= 11 is 0. The second kappa shape index (κ2) is 6.60. The first-order valence-electron chi connectivity index (χ1n) is 9.90. The zero-order valence-electron chi connectivity index (χ0n) is 15.9. The van der Waals surface area contributed by atoms with Gasteiger partial charge in [-0.05, 0) is 44.2 Å². The first-order valence-corrected chi connectivity index (χ1v) is 9.90. The predicted molar refractivity (Wildman–Crippen MR) is 109 cm³/mol. The van der Waals surface area contributed by atoms with Crippen LogP contribution in [0.4, 0.5) is 5.95 Å². The number of nitrogens with one attached hydrogen (secondary N) is 2. The number of aromatic amines is 1. The quantitative estimate of drug-likeness (QED) is 0.504. The highest BCUT2D eigenvalue weighted by Gasteiger charge is 2.31. The molecule has 3 N–H and O–H groups in total. The lowest BCUT2D eigenvalue weighted by Crippen LogP contribution is -2.38. The highest BCUT2D eigenvalue weighted by Crippen LogP contribution is 2.32. The topological polar surface area (TPSA) is 91.1 Å². The van der Waals surface area contributed by atoms with Crippen LogP contribution in [0.3, 0.4) is 0 Å². The van der Waals surface area contributed by atoms with E-state index in [2.05, 4.69) is 44.4 Å². The molecular weight excluding hydrogens is 352 g/mol. The van der Waals surface area contributed by atoms with E-state index in [4.69, 9.17) is 0 Å². The fraction of sp³-hybridized carbons (Fsp3) is 0.381. The van der Waals surface area contributed by atoms with Gasteiger partial charge in [-0.15, -0.1) is 0 Å². The first-order chi connectivity index (χ1) is 13.6. The van der Waals surface area contributed by atoms with Gasteiger partial charge in [0, 0.05) is 53.5 Å². The molecule has 0 aliphatic heterocycles. The molecule has 5 rings (SSSR count). The van der Waals surface area contributed by atoms with Gasteiger partial charge in [0.15, 0.2) is 0 Å². The molecule has 0 atom stereocenters. The summed E-state index contributed by atoms with van der Waals surface area (Å²) < 4.78 is 2.01. The molecule has 4 aromatic rings. The lowest BCUT2D eigenvalue weighted by atomic mass is 9.80. The van der Waals surface area contributed by atoms with E-state index in [0.29, 0.717) is 12.0 Å². The number of rotatable bonds is 4. The molecule has 4 aromatic heterocycles. The number of hydrogen-bond acceptors (Lipinski definition) is 5. The van der Waals surface area contributed by atoms with Crippen molar-refractivity contribution in [2.24, 2.45) is 0 Å². The molecule has 0 aromatic carbocycles. The average Bonchev–Trinajstić information content (AvgIpc) is 3.35. The highest BCUT2D eigenvalue weighted by atomic mass is 16.3. The molecule has 1 aliphatic carbocycles. The molecule has 0 saturated heterocycles. The lowest BCUT2D eigenvalue weighted by Gasteiger charge is -2.35. The Kier molecular flexibility index (Phi) is 4.05. The largest absolute Gasteiger partial charge is 0.390 e. The minimum Gasteiger partial charge on any atom is -0.390 e. The highest BCUT2D eigenvalue weighted by molar-refractivity contribution is 5.93. The van der Waals surface area contributed by atoms with E-state index in [-0.39, 0.29) is 0 Å². The Morgan fingerprint density at radius 1 is 1.29 bits per heavy atom. The van der Waals surface area contributed by atoms with E-state index in [1.807, 2.05) is 29.1 Å². The van der Waals surface area contributed by atoms with Gasteiger partial charge in [-0.3, -0.25) is 0 Å². The molecule has 0 radical (unpaired) electrons. The number of anilines is 1. The van der Waals surface area contributed by atoms with E-state index in [0.717, 1.165) is 59.9 Å². The van der Waals surface area contributed by atoms with Crippen LogP contribution in [-0.2, 0) is 0 Å². The van der Waals surface area contributed by atoms with E-state index < -0.39 is 5.60 Å². The average molecular weight is 376 g/mol. The fourth-order valence-electron chi connectivity index (χ4n) is 4.13. The van der Waals surface area contributed by atoms with Gasteiger partial charge in [0.25, 0.3) is 0 Å². The third kappa shape index (κ3) is 3.01. The summed E-state index contributed by atoms with van der Waals surface area (Å²) in [5.74, 6) is 0.637. The number of fused-ring (bicyclic) bond motifs is 2. The summed E-state index contributed by atoms with van der Waals surface area (Å²) in [4.78, 5) is 16.8. The molecule has 1 fully saturated rings. The Balaban J connectivity index is 1.38. The number of hydrogen-bond donors (Lipinski definition) is 3. The maximum absolute atomic E-state index is 10.4. The molecule has 0 bridgehead atoms. The van der Waals surface area contributed by atoms with E-state index in [1.165, 1.54) is 0 Å². The van der Waals surface area contributed by atoms with Gasteiger partial charge < -0.3 is 19.8 Å². The summed E-state index contributed by atoms with van der Waals surface area (Å²) in [6.45, 7) is 2.05. The van der Waals surface area contributed by atoms with Crippen LogP contribution in [0, 0.1) is 0 Å². The molecule has 0 unspecified atom stereocenters. The Morgan fingerprint density at radius 3 is 2.96 bits per heavy atom. The Labute approximate surface area is 162 Å². The molecule has 4 heterocycles. The van der Waals surface area contributed by atoms with Crippen LogP contribution in [0.25, 0.3) is 27.8 Å². The molecular formula is C21H24N6O. The Bertz CT molecular complexity index is 1120. The lowest BCUT2D eigenvalue weighted by molar-refractivity contribution is -0.00197. The van der Waals surface area contributed by atoms with Crippen LogP contribution in [0.5, 0.6) is 0 Å². The molecule has 1 saturated carbocycles. The summed E-state index contributed by atoms with van der Waals surface area (Å²) in [5, 5.41) is 14.8. The van der Waals surface area contributed by atoms with Crippen molar-refractivity contribution in [2.75, 3.05) is 5.32 Å². The zero-order chi connectivity index (χ0) is 19.1. The van der Waals surface area contributed by atoms with Crippen LogP contribution < -0.4 is 5.32 Å². The maximum Gasteiger partial charge on any atom is 0.224 e. The zero-order valence-corrected chi connectivity index (χ0v) is 15.9. The molecule has 1 aliphatic rings. The summed E-state index contributed by atoms with van der Waals surface area (Å²) in [7, 11) is 0. The molecule has 144 valence electrons. The maximum atomic E-state index is 10.4. The van der Waals surface area contributed by atoms with Crippen LogP contribution in [-0.4, -0.2) is 41.1 Å². The predicted octanol–water partition coefficient (Wildman–Crippen LogP) is 3.77. The fourth-order valence-corrected chi connectivity index (χ4v) is 4.13. The van der Waals surface area contributed by atoms with Gasteiger partial charge in [0.2, 0.25) is 5.95 Å². The van der Waals surface area contributed by atoms with Gasteiger partial charge in [-0.25, -0.2) is 9.97 Å². The SMILES string of the molecule is CC[C@]1(O)CC[C@@H](Nc2ncc3c(-c4ccc5nccn5c4)c[nH]c3n2)CC1. The van der Waals surface area contributed by atoms with Gasteiger partial charge >= 0.3 is 0 Å². The second-order valence-electron chi connectivity index (χ2n) is 7.77. The number of pyridine rings is 1. The third-order valence-corrected chi connectivity index (χ3v) is 6.04. The van der Waals surface area contributed by atoms with Gasteiger partial charge in [0.05, 0.1) is 5.60 Å². The minimum absolute atomic E-state index is 0.308.